The highest BCUT2D eigenvalue weighted by atomic mass is 19.4. The average Bonchev–Trinajstić information content (AvgIpc) is 2.76. The maximum absolute atomic E-state index is 13.1. The Bertz CT molecular complexity index is 579. The molecule has 0 atom stereocenters. The Morgan fingerprint density at radius 2 is 2.00 bits per heavy atom. The van der Waals surface area contributed by atoms with Crippen LogP contribution >= 0.6 is 0 Å². The van der Waals surface area contributed by atoms with Gasteiger partial charge < -0.3 is 4.90 Å². The first-order chi connectivity index (χ1) is 9.64. The summed E-state index contributed by atoms with van der Waals surface area (Å²) >= 11 is 0. The van der Waals surface area contributed by atoms with Gasteiger partial charge in [0, 0.05) is 18.5 Å². The van der Waals surface area contributed by atoms with Crippen LogP contribution in [0.3, 0.4) is 0 Å². The molecule has 0 bridgehead atoms. The molecule has 1 saturated heterocycles. The van der Waals surface area contributed by atoms with Gasteiger partial charge in [0.25, 0.3) is 11.8 Å². The second-order valence-corrected chi connectivity index (χ2v) is 4.84. The lowest BCUT2D eigenvalue weighted by atomic mass is 10.0. The number of carbonyl (C=O) groups excluding carboxylic acids is 1. The summed E-state index contributed by atoms with van der Waals surface area (Å²) in [6.45, 7) is 2.45. The summed E-state index contributed by atoms with van der Waals surface area (Å²) in [5, 5.41) is 0. The highest BCUT2D eigenvalue weighted by Gasteiger charge is 2.40. The zero-order chi connectivity index (χ0) is 15.8. The van der Waals surface area contributed by atoms with Gasteiger partial charge in [-0.15, -0.1) is 0 Å². The number of nitrogens with zero attached hydrogens (tertiary/aromatic N) is 1. The second-order valence-electron chi connectivity index (χ2n) is 4.84. The largest absolute Gasteiger partial charge is 0.416 e. The Balaban J connectivity index is 2.30. The highest BCUT2D eigenvalue weighted by Crippen LogP contribution is 2.34. The van der Waals surface area contributed by atoms with E-state index in [4.69, 9.17) is 0 Å². The molecule has 0 N–H and O–H groups in total. The van der Waals surface area contributed by atoms with Gasteiger partial charge in [-0.3, -0.25) is 4.79 Å². The summed E-state index contributed by atoms with van der Waals surface area (Å²) in [7, 11) is 0. The van der Waals surface area contributed by atoms with Gasteiger partial charge in [0.2, 0.25) is 0 Å². The van der Waals surface area contributed by atoms with Crippen LogP contribution < -0.4 is 0 Å². The molecule has 0 saturated carbocycles. The third kappa shape index (κ3) is 3.22. The van der Waals surface area contributed by atoms with Crippen molar-refractivity contribution in [3.8, 4) is 0 Å². The predicted molar refractivity (Wildman–Crippen MR) is 67.0 cm³/mol. The summed E-state index contributed by atoms with van der Waals surface area (Å²) in [5.74, 6) is -3.65. The van der Waals surface area contributed by atoms with Gasteiger partial charge in [0.15, 0.2) is 0 Å². The van der Waals surface area contributed by atoms with Gasteiger partial charge in [0.05, 0.1) is 12.1 Å². The molecule has 0 unspecified atom stereocenters. The maximum atomic E-state index is 13.1. The first-order valence-electron chi connectivity index (χ1n) is 6.15. The normalized spacial score (nSPS) is 17.9. The van der Waals surface area contributed by atoms with Crippen molar-refractivity contribution in [2.45, 2.75) is 18.5 Å². The van der Waals surface area contributed by atoms with E-state index in [9.17, 15) is 26.7 Å². The van der Waals surface area contributed by atoms with Crippen molar-refractivity contribution in [2.24, 2.45) is 0 Å². The first kappa shape index (κ1) is 15.5. The van der Waals surface area contributed by atoms with E-state index in [0.717, 1.165) is 29.2 Å². The lowest BCUT2D eigenvalue weighted by Gasteiger charge is -2.17. The topological polar surface area (TPSA) is 20.3 Å². The third-order valence-electron chi connectivity index (χ3n) is 3.28. The van der Waals surface area contributed by atoms with E-state index in [1.54, 1.807) is 0 Å². The van der Waals surface area contributed by atoms with Gasteiger partial charge >= 0.3 is 6.18 Å². The van der Waals surface area contributed by atoms with Crippen LogP contribution in [0.4, 0.5) is 22.0 Å². The van der Waals surface area contributed by atoms with E-state index >= 15 is 0 Å². The van der Waals surface area contributed by atoms with E-state index in [1.807, 2.05) is 0 Å². The molecule has 114 valence electrons. The molecule has 1 aromatic carbocycles. The van der Waals surface area contributed by atoms with Crippen LogP contribution in [0.5, 0.6) is 0 Å². The standard InChI is InChI=1S/C14H12F5NO/c1-2-9-7-10(3-4-11(9)14(17,18)19)12(21)20-6-5-13(15,16)8-20/h2-4,7H,1,5-6,8H2. The minimum absolute atomic E-state index is 0.0596. The number of amides is 1. The quantitative estimate of drug-likeness (QED) is 0.760. The molecule has 1 heterocycles. The fourth-order valence-electron chi connectivity index (χ4n) is 2.21. The lowest BCUT2D eigenvalue weighted by molar-refractivity contribution is -0.137. The number of likely N-dealkylation sites (tertiary alicyclic amines) is 1. The van der Waals surface area contributed by atoms with Crippen molar-refractivity contribution < 1.29 is 26.7 Å². The highest BCUT2D eigenvalue weighted by molar-refractivity contribution is 5.95. The lowest BCUT2D eigenvalue weighted by Crippen LogP contribution is -2.31. The van der Waals surface area contributed by atoms with Gasteiger partial charge in [-0.2, -0.15) is 13.2 Å². The van der Waals surface area contributed by atoms with Gasteiger partial charge in [-0.1, -0.05) is 12.7 Å². The van der Waals surface area contributed by atoms with Crippen LogP contribution in [0, 0.1) is 0 Å². The smallest absolute Gasteiger partial charge is 0.332 e. The van der Waals surface area contributed by atoms with E-state index in [1.165, 1.54) is 0 Å². The molecule has 2 rings (SSSR count). The first-order valence-corrected chi connectivity index (χ1v) is 6.15. The molecule has 1 aliphatic rings. The second kappa shape index (κ2) is 5.13. The average molecular weight is 305 g/mol. The molecule has 1 amide bonds. The van der Waals surface area contributed by atoms with Crippen LogP contribution in [0.1, 0.15) is 27.9 Å². The van der Waals surface area contributed by atoms with Crippen LogP contribution in [0.25, 0.3) is 6.08 Å². The molecule has 1 aromatic rings. The molecule has 0 radical (unpaired) electrons. The van der Waals surface area contributed by atoms with Crippen LogP contribution in [0.15, 0.2) is 24.8 Å². The van der Waals surface area contributed by atoms with Crippen LogP contribution in [0.2, 0.25) is 0 Å². The van der Waals surface area contributed by atoms with Gasteiger partial charge in [-0.25, -0.2) is 8.78 Å². The van der Waals surface area contributed by atoms with Crippen LogP contribution in [-0.2, 0) is 6.18 Å². The van der Waals surface area contributed by atoms with Crippen molar-refractivity contribution in [2.75, 3.05) is 13.1 Å². The number of carbonyl (C=O) groups is 1. The summed E-state index contributed by atoms with van der Waals surface area (Å²) in [6.07, 6.45) is -4.02. The maximum Gasteiger partial charge on any atom is 0.416 e. The third-order valence-corrected chi connectivity index (χ3v) is 3.28. The Morgan fingerprint density at radius 3 is 2.48 bits per heavy atom. The monoisotopic (exact) mass is 305 g/mol. The van der Waals surface area contributed by atoms with E-state index in [2.05, 4.69) is 6.58 Å². The molecule has 1 aliphatic heterocycles. The van der Waals surface area contributed by atoms with Gasteiger partial charge in [0.1, 0.15) is 0 Å². The summed E-state index contributed by atoms with van der Waals surface area (Å²) in [5.41, 5.74) is -1.23. The van der Waals surface area contributed by atoms with E-state index < -0.39 is 36.5 Å². The molecule has 21 heavy (non-hydrogen) atoms. The van der Waals surface area contributed by atoms with Crippen LogP contribution in [-0.4, -0.2) is 29.8 Å². The Hall–Kier alpha value is -1.92. The molecule has 0 spiro atoms. The number of hydrogen-bond donors (Lipinski definition) is 0. The minimum atomic E-state index is -4.56. The molecule has 0 aliphatic carbocycles. The zero-order valence-corrected chi connectivity index (χ0v) is 10.9. The Morgan fingerprint density at radius 1 is 1.33 bits per heavy atom. The van der Waals surface area contributed by atoms with Crippen molar-refractivity contribution >= 4 is 12.0 Å². The summed E-state index contributed by atoms with van der Waals surface area (Å²) in [4.78, 5) is 13.0. The minimum Gasteiger partial charge on any atom is -0.332 e. The molecular formula is C14H12F5NO. The van der Waals surface area contributed by atoms with E-state index in [-0.39, 0.29) is 17.7 Å². The predicted octanol–water partition coefficient (Wildman–Crippen LogP) is 3.83. The Kier molecular flexibility index (Phi) is 3.78. The number of rotatable bonds is 2. The number of alkyl halides is 5. The van der Waals surface area contributed by atoms with Crippen molar-refractivity contribution in [1.82, 2.24) is 4.90 Å². The van der Waals surface area contributed by atoms with E-state index in [0.29, 0.717) is 0 Å². The molecule has 7 heteroatoms. The Labute approximate surface area is 117 Å². The van der Waals surface area contributed by atoms with Gasteiger partial charge in [-0.05, 0) is 23.8 Å². The molecular weight excluding hydrogens is 293 g/mol. The fraction of sp³-hybridized carbons (Fsp3) is 0.357. The molecule has 2 nitrogen and oxygen atoms in total. The van der Waals surface area contributed by atoms with Crippen molar-refractivity contribution in [1.29, 1.82) is 0 Å². The zero-order valence-electron chi connectivity index (χ0n) is 10.9. The number of halogens is 5. The summed E-state index contributed by atoms with van der Waals surface area (Å²) < 4.78 is 64.3. The molecule has 0 aromatic heterocycles. The number of hydrogen-bond acceptors (Lipinski definition) is 1. The molecule has 1 fully saturated rings. The number of benzene rings is 1. The summed E-state index contributed by atoms with van der Waals surface area (Å²) in [6, 6.07) is 2.78. The van der Waals surface area contributed by atoms with Crippen molar-refractivity contribution in [3.63, 3.8) is 0 Å². The van der Waals surface area contributed by atoms with Crippen molar-refractivity contribution in [3.05, 3.63) is 41.5 Å². The fourth-order valence-corrected chi connectivity index (χ4v) is 2.21. The SMILES string of the molecule is C=Cc1cc(C(=O)N2CCC(F)(F)C2)ccc1C(F)(F)F.